The summed E-state index contributed by atoms with van der Waals surface area (Å²) in [6, 6.07) is 6.23. The summed E-state index contributed by atoms with van der Waals surface area (Å²) in [6.45, 7) is 7.47. The molecular weight excluding hydrogens is 224 g/mol. The molecule has 0 radical (unpaired) electrons. The third-order valence-electron chi connectivity index (χ3n) is 3.37. The lowest BCUT2D eigenvalue weighted by Gasteiger charge is -2.29. The van der Waals surface area contributed by atoms with E-state index in [0.29, 0.717) is 6.04 Å². The molecule has 4 heteroatoms. The lowest BCUT2D eigenvalue weighted by Crippen LogP contribution is -2.33. The van der Waals surface area contributed by atoms with E-state index in [2.05, 4.69) is 35.6 Å². The minimum Gasteiger partial charge on any atom is -0.399 e. The van der Waals surface area contributed by atoms with Gasteiger partial charge in [0.1, 0.15) is 12.1 Å². The topological polar surface area (TPSA) is 55.0 Å². The first-order valence-corrected chi connectivity index (χ1v) is 6.44. The summed E-state index contributed by atoms with van der Waals surface area (Å²) in [5, 5.41) is 1.03. The summed E-state index contributed by atoms with van der Waals surface area (Å²) in [5.41, 5.74) is 7.56. The lowest BCUT2D eigenvalue weighted by atomic mass is 10.1. The molecule has 0 spiro atoms. The normalized spacial score (nSPS) is 12.6. The fourth-order valence-electron chi connectivity index (χ4n) is 2.18. The van der Waals surface area contributed by atoms with Gasteiger partial charge in [0.15, 0.2) is 0 Å². The summed E-state index contributed by atoms with van der Waals surface area (Å²) in [6.07, 6.45) is 2.71. The molecule has 0 aliphatic rings. The average molecular weight is 244 g/mol. The van der Waals surface area contributed by atoms with Gasteiger partial charge in [-0.15, -0.1) is 0 Å². The molecule has 0 fully saturated rings. The molecule has 0 amide bonds. The number of rotatable bonds is 4. The zero-order chi connectivity index (χ0) is 13.1. The van der Waals surface area contributed by atoms with Crippen LogP contribution < -0.4 is 10.6 Å². The van der Waals surface area contributed by atoms with E-state index in [-0.39, 0.29) is 0 Å². The highest BCUT2D eigenvalue weighted by atomic mass is 15.2. The van der Waals surface area contributed by atoms with Gasteiger partial charge in [-0.25, -0.2) is 9.97 Å². The summed E-state index contributed by atoms with van der Waals surface area (Å²) < 4.78 is 0. The van der Waals surface area contributed by atoms with Crippen molar-refractivity contribution in [3.8, 4) is 0 Å². The summed E-state index contributed by atoms with van der Waals surface area (Å²) in [7, 11) is 0. The van der Waals surface area contributed by atoms with Gasteiger partial charge in [-0.3, -0.25) is 0 Å². The molecule has 1 aromatic carbocycles. The lowest BCUT2D eigenvalue weighted by molar-refractivity contribution is 0.625. The van der Waals surface area contributed by atoms with Crippen LogP contribution in [-0.2, 0) is 0 Å². The minimum atomic E-state index is 0.453. The average Bonchev–Trinajstić information content (AvgIpc) is 2.39. The molecule has 18 heavy (non-hydrogen) atoms. The number of benzene rings is 1. The van der Waals surface area contributed by atoms with Crippen LogP contribution in [0.15, 0.2) is 24.5 Å². The maximum Gasteiger partial charge on any atom is 0.140 e. The Bertz CT molecular complexity index is 538. The molecular formula is C14H20N4. The third kappa shape index (κ3) is 2.23. The zero-order valence-electron chi connectivity index (χ0n) is 11.2. The van der Waals surface area contributed by atoms with Gasteiger partial charge < -0.3 is 10.6 Å². The van der Waals surface area contributed by atoms with Crippen molar-refractivity contribution in [2.75, 3.05) is 17.2 Å². The van der Waals surface area contributed by atoms with Crippen molar-refractivity contribution in [3.05, 3.63) is 24.5 Å². The van der Waals surface area contributed by atoms with Crippen LogP contribution >= 0.6 is 0 Å². The molecule has 1 atom stereocenters. The number of nitrogens with zero attached hydrogens (tertiary/aromatic N) is 3. The van der Waals surface area contributed by atoms with E-state index in [1.807, 2.05) is 18.2 Å². The predicted molar refractivity (Wildman–Crippen MR) is 76.7 cm³/mol. The molecule has 2 aromatic rings. The van der Waals surface area contributed by atoms with Crippen LogP contribution in [-0.4, -0.2) is 22.6 Å². The number of hydrogen-bond donors (Lipinski definition) is 1. The number of anilines is 2. The van der Waals surface area contributed by atoms with E-state index in [4.69, 9.17) is 5.73 Å². The van der Waals surface area contributed by atoms with Crippen LogP contribution in [0.2, 0.25) is 0 Å². The number of hydrogen-bond acceptors (Lipinski definition) is 4. The van der Waals surface area contributed by atoms with Gasteiger partial charge in [-0.1, -0.05) is 6.92 Å². The SMILES string of the molecule is CCC(C)N(CC)c1ncnc2ccc(N)cc12. The fourth-order valence-corrected chi connectivity index (χ4v) is 2.18. The monoisotopic (exact) mass is 244 g/mol. The van der Waals surface area contributed by atoms with Crippen molar-refractivity contribution in [1.82, 2.24) is 9.97 Å². The molecule has 2 rings (SSSR count). The van der Waals surface area contributed by atoms with E-state index < -0.39 is 0 Å². The van der Waals surface area contributed by atoms with Gasteiger partial charge in [0, 0.05) is 23.7 Å². The molecule has 2 N–H and O–H groups in total. The molecule has 0 aliphatic heterocycles. The maximum absolute atomic E-state index is 5.87. The second kappa shape index (κ2) is 5.21. The molecule has 1 unspecified atom stereocenters. The van der Waals surface area contributed by atoms with Crippen LogP contribution in [0.4, 0.5) is 11.5 Å². The highest BCUT2D eigenvalue weighted by molar-refractivity contribution is 5.91. The van der Waals surface area contributed by atoms with Crippen LogP contribution in [0.1, 0.15) is 27.2 Å². The van der Waals surface area contributed by atoms with E-state index in [1.54, 1.807) is 6.33 Å². The Morgan fingerprint density at radius 3 is 2.72 bits per heavy atom. The Hall–Kier alpha value is -1.84. The van der Waals surface area contributed by atoms with Crippen LogP contribution in [0.3, 0.4) is 0 Å². The first-order chi connectivity index (χ1) is 8.67. The summed E-state index contributed by atoms with van der Waals surface area (Å²) in [5.74, 6) is 0.976. The summed E-state index contributed by atoms with van der Waals surface area (Å²) >= 11 is 0. The Morgan fingerprint density at radius 2 is 2.06 bits per heavy atom. The molecule has 1 heterocycles. The van der Waals surface area contributed by atoms with Gasteiger partial charge >= 0.3 is 0 Å². The van der Waals surface area contributed by atoms with Gasteiger partial charge in [-0.05, 0) is 38.5 Å². The smallest absolute Gasteiger partial charge is 0.140 e. The molecule has 0 aliphatic carbocycles. The Labute approximate surface area is 108 Å². The minimum absolute atomic E-state index is 0.453. The van der Waals surface area contributed by atoms with Gasteiger partial charge in [0.05, 0.1) is 5.52 Å². The second-order valence-electron chi connectivity index (χ2n) is 4.52. The predicted octanol–water partition coefficient (Wildman–Crippen LogP) is 2.84. The van der Waals surface area contributed by atoms with Gasteiger partial charge in [-0.2, -0.15) is 0 Å². The molecule has 0 saturated carbocycles. The van der Waals surface area contributed by atoms with Crippen molar-refractivity contribution >= 4 is 22.4 Å². The van der Waals surface area contributed by atoms with Crippen LogP contribution in [0.5, 0.6) is 0 Å². The van der Waals surface area contributed by atoms with Gasteiger partial charge in [0.25, 0.3) is 0 Å². The highest BCUT2D eigenvalue weighted by Crippen LogP contribution is 2.26. The van der Waals surface area contributed by atoms with Crippen molar-refractivity contribution in [2.45, 2.75) is 33.2 Å². The zero-order valence-corrected chi connectivity index (χ0v) is 11.2. The van der Waals surface area contributed by atoms with E-state index in [0.717, 1.165) is 35.4 Å². The van der Waals surface area contributed by atoms with Crippen molar-refractivity contribution in [3.63, 3.8) is 0 Å². The largest absolute Gasteiger partial charge is 0.399 e. The molecule has 1 aromatic heterocycles. The number of fused-ring (bicyclic) bond motifs is 1. The standard InChI is InChI=1S/C14H20N4/c1-4-10(3)18(5-2)14-12-8-11(15)6-7-13(12)16-9-17-14/h6-10H,4-5,15H2,1-3H3. The number of aromatic nitrogens is 2. The maximum atomic E-state index is 5.87. The highest BCUT2D eigenvalue weighted by Gasteiger charge is 2.15. The number of nitrogens with two attached hydrogens (primary N) is 1. The van der Waals surface area contributed by atoms with Crippen molar-refractivity contribution < 1.29 is 0 Å². The fraction of sp³-hybridized carbons (Fsp3) is 0.429. The van der Waals surface area contributed by atoms with Gasteiger partial charge in [0.2, 0.25) is 0 Å². The molecule has 4 nitrogen and oxygen atoms in total. The molecule has 0 bridgehead atoms. The van der Waals surface area contributed by atoms with Crippen LogP contribution in [0, 0.1) is 0 Å². The Balaban J connectivity index is 2.58. The Kier molecular flexibility index (Phi) is 3.65. The van der Waals surface area contributed by atoms with E-state index >= 15 is 0 Å². The first-order valence-electron chi connectivity index (χ1n) is 6.44. The molecule has 96 valence electrons. The van der Waals surface area contributed by atoms with Crippen LogP contribution in [0.25, 0.3) is 10.9 Å². The van der Waals surface area contributed by atoms with Crippen molar-refractivity contribution in [1.29, 1.82) is 0 Å². The van der Waals surface area contributed by atoms with E-state index in [9.17, 15) is 0 Å². The first kappa shape index (κ1) is 12.6. The quantitative estimate of drug-likeness (QED) is 0.840. The van der Waals surface area contributed by atoms with E-state index in [1.165, 1.54) is 0 Å². The molecule has 0 saturated heterocycles. The Morgan fingerprint density at radius 1 is 1.28 bits per heavy atom. The van der Waals surface area contributed by atoms with Crippen molar-refractivity contribution in [2.24, 2.45) is 0 Å². The summed E-state index contributed by atoms with van der Waals surface area (Å²) in [4.78, 5) is 11.0. The number of nitrogen functional groups attached to an aromatic ring is 1. The third-order valence-corrected chi connectivity index (χ3v) is 3.37. The second-order valence-corrected chi connectivity index (χ2v) is 4.52.